The highest BCUT2D eigenvalue weighted by Gasteiger charge is 2.38. The average molecular weight is 684 g/mol. The summed E-state index contributed by atoms with van der Waals surface area (Å²) in [5.41, 5.74) is 0. The molecule has 0 aromatic carbocycles. The number of unbranched alkanes of at least 4 members (excludes halogenated alkanes) is 12. The van der Waals surface area contributed by atoms with Gasteiger partial charge in [0, 0.05) is 6.61 Å². The zero-order chi connectivity index (χ0) is 35.0. The predicted molar refractivity (Wildman–Crippen MR) is 195 cm³/mol. The van der Waals surface area contributed by atoms with Crippen LogP contribution in [0.3, 0.4) is 0 Å². The second-order valence-corrected chi connectivity index (χ2v) is 14.1. The van der Waals surface area contributed by atoms with Gasteiger partial charge < -0.3 is 38.1 Å². The van der Waals surface area contributed by atoms with E-state index in [1.165, 1.54) is 122 Å². The molecule has 0 spiro atoms. The van der Waals surface area contributed by atoms with Crippen molar-refractivity contribution < 1.29 is 38.1 Å². The lowest BCUT2D eigenvalue weighted by atomic mass is 9.91. The van der Waals surface area contributed by atoms with Gasteiger partial charge in [0.1, 0.15) is 19.2 Å². The van der Waals surface area contributed by atoms with Gasteiger partial charge in [-0.05, 0) is 85.0 Å². The molecule has 3 unspecified atom stereocenters. The molecule has 0 radical (unpaired) electrons. The lowest BCUT2D eigenvalue weighted by molar-refractivity contribution is -0.955. The molecule has 284 valence electrons. The molecule has 0 bridgehead atoms. The van der Waals surface area contributed by atoms with Crippen molar-refractivity contribution >= 4 is 5.97 Å². The molecule has 1 saturated carbocycles. The molecule has 0 saturated heterocycles. The number of allylic oxidation sites excluding steroid dienone is 2. The number of aliphatic carboxylic acids is 1. The second-order valence-electron chi connectivity index (χ2n) is 14.1. The van der Waals surface area contributed by atoms with Gasteiger partial charge in [0.25, 0.3) is 0 Å². The predicted octanol–water partition coefficient (Wildman–Crippen LogP) is 7.80. The Morgan fingerprint density at radius 3 is 1.90 bits per heavy atom. The first kappa shape index (κ1) is 45.0. The fourth-order valence-electron chi connectivity index (χ4n) is 7.14. The molecule has 0 amide bonds. The fraction of sp³-hybridized carbons (Fsp3) is 0.925. The minimum absolute atomic E-state index is 0.0427. The van der Waals surface area contributed by atoms with Gasteiger partial charge in [-0.25, -0.2) is 0 Å². The second kappa shape index (κ2) is 31.9. The average Bonchev–Trinajstić information content (AvgIpc) is 3.08. The van der Waals surface area contributed by atoms with E-state index in [1.807, 2.05) is 6.92 Å². The third kappa shape index (κ3) is 25.0. The number of hydrogen-bond acceptors (Lipinski definition) is 7. The highest BCUT2D eigenvalue weighted by Crippen LogP contribution is 2.30. The smallest absolute Gasteiger partial charge is 0.105 e. The Morgan fingerprint density at radius 1 is 0.688 bits per heavy atom. The largest absolute Gasteiger partial charge is 0.548 e. The van der Waals surface area contributed by atoms with Crippen LogP contribution < -0.4 is 5.11 Å². The number of carboxylic acid groups (broad SMARTS) is 1. The van der Waals surface area contributed by atoms with Crippen LogP contribution in [0, 0.1) is 0 Å². The summed E-state index contributed by atoms with van der Waals surface area (Å²) in [5.74, 6) is -1.19. The van der Waals surface area contributed by atoms with Gasteiger partial charge in [0.2, 0.25) is 0 Å². The van der Waals surface area contributed by atoms with Crippen LogP contribution in [0.5, 0.6) is 0 Å². The van der Waals surface area contributed by atoms with Crippen LogP contribution in [0.15, 0.2) is 12.2 Å². The van der Waals surface area contributed by atoms with E-state index in [-0.39, 0.29) is 25.4 Å². The lowest BCUT2D eigenvalue weighted by Gasteiger charge is -2.48. The summed E-state index contributed by atoms with van der Waals surface area (Å²) in [7, 11) is 0. The zero-order valence-electron chi connectivity index (χ0n) is 31.9. The SMILES string of the molecule is CCCCCCCC/C=C/CCCCCCCC[N+](CCOCC(C)OCCOCC)(CC(C)OCCOCC(=O)[O-])C1CCCCC1. The Morgan fingerprint density at radius 2 is 1.27 bits per heavy atom. The van der Waals surface area contributed by atoms with Crippen LogP contribution in [0.1, 0.15) is 150 Å². The number of hydrogen-bond donors (Lipinski definition) is 0. The molecule has 1 rings (SSSR count). The molecule has 0 aromatic heterocycles. The molecule has 0 aliphatic heterocycles. The fourth-order valence-corrected chi connectivity index (χ4v) is 7.14. The number of rotatable bonds is 35. The molecule has 1 aliphatic rings. The standard InChI is InChI=1S/C40H77NO7/c1-5-7-8-9-10-11-12-13-14-15-16-17-18-19-20-24-27-41(39-25-22-21-23-26-39,34-37(3)47-33-31-46-36-40(42)43)28-29-45-35-38(4)48-32-30-44-6-2/h13-14,37-39H,5-12,15-36H2,1-4H3/b14-13+. The van der Waals surface area contributed by atoms with E-state index in [2.05, 4.69) is 32.9 Å². The number of carboxylic acids is 1. The van der Waals surface area contributed by atoms with Gasteiger partial charge in [0.05, 0.1) is 70.9 Å². The molecule has 0 heterocycles. The summed E-state index contributed by atoms with van der Waals surface area (Å²) in [6.07, 6.45) is 29.9. The number of carbonyl (C=O) groups is 1. The molecule has 1 fully saturated rings. The zero-order valence-corrected chi connectivity index (χ0v) is 31.9. The van der Waals surface area contributed by atoms with Crippen molar-refractivity contribution in [3.05, 3.63) is 12.2 Å². The van der Waals surface area contributed by atoms with Crippen molar-refractivity contribution in [3.8, 4) is 0 Å². The van der Waals surface area contributed by atoms with Gasteiger partial charge >= 0.3 is 0 Å². The summed E-state index contributed by atoms with van der Waals surface area (Å²) < 4.78 is 29.9. The van der Waals surface area contributed by atoms with Crippen LogP contribution in [0.2, 0.25) is 0 Å². The van der Waals surface area contributed by atoms with E-state index in [0.717, 1.165) is 24.1 Å². The van der Waals surface area contributed by atoms with E-state index >= 15 is 0 Å². The number of ether oxygens (including phenoxy) is 5. The topological polar surface area (TPSA) is 86.3 Å². The van der Waals surface area contributed by atoms with Crippen LogP contribution in [-0.2, 0) is 28.5 Å². The number of carbonyl (C=O) groups excluding carboxylic acids is 1. The molecule has 8 heteroatoms. The first-order chi connectivity index (χ1) is 23.4. The molecule has 1 aliphatic carbocycles. The molecule has 3 atom stereocenters. The minimum atomic E-state index is -1.19. The Bertz CT molecular complexity index is 745. The van der Waals surface area contributed by atoms with Crippen molar-refractivity contribution in [2.75, 3.05) is 72.5 Å². The Hall–Kier alpha value is -1.03. The van der Waals surface area contributed by atoms with Gasteiger partial charge in [-0.15, -0.1) is 0 Å². The van der Waals surface area contributed by atoms with Crippen molar-refractivity contribution in [2.45, 2.75) is 168 Å². The van der Waals surface area contributed by atoms with Crippen LogP contribution in [0.25, 0.3) is 0 Å². The lowest BCUT2D eigenvalue weighted by Crippen LogP contribution is -2.61. The molecule has 0 N–H and O–H groups in total. The van der Waals surface area contributed by atoms with Crippen molar-refractivity contribution in [2.24, 2.45) is 0 Å². The summed E-state index contributed by atoms with van der Waals surface area (Å²) in [6.45, 7) is 15.1. The third-order valence-electron chi connectivity index (χ3n) is 9.80. The number of quaternary nitrogens is 1. The van der Waals surface area contributed by atoms with Gasteiger partial charge in [-0.3, -0.25) is 0 Å². The maximum absolute atomic E-state index is 10.7. The van der Waals surface area contributed by atoms with Crippen molar-refractivity contribution in [3.63, 3.8) is 0 Å². The highest BCUT2D eigenvalue weighted by atomic mass is 16.6. The van der Waals surface area contributed by atoms with Gasteiger partial charge in [0.15, 0.2) is 0 Å². The molecule has 0 aromatic rings. The summed E-state index contributed by atoms with van der Waals surface area (Å²) in [6, 6.07) is 0.630. The minimum Gasteiger partial charge on any atom is -0.548 e. The molecule has 8 nitrogen and oxygen atoms in total. The van der Waals surface area contributed by atoms with E-state index in [1.54, 1.807) is 0 Å². The van der Waals surface area contributed by atoms with E-state index in [0.29, 0.717) is 45.7 Å². The first-order valence-electron chi connectivity index (χ1n) is 20.1. The number of nitrogens with zero attached hydrogens (tertiary/aromatic N) is 1. The summed E-state index contributed by atoms with van der Waals surface area (Å²) in [5, 5.41) is 10.7. The van der Waals surface area contributed by atoms with Crippen LogP contribution in [-0.4, -0.2) is 101 Å². The molecule has 48 heavy (non-hydrogen) atoms. The van der Waals surface area contributed by atoms with E-state index in [9.17, 15) is 9.90 Å². The first-order valence-corrected chi connectivity index (χ1v) is 20.1. The maximum atomic E-state index is 10.7. The third-order valence-corrected chi connectivity index (χ3v) is 9.80. The van der Waals surface area contributed by atoms with Crippen LogP contribution in [0.4, 0.5) is 0 Å². The normalized spacial score (nSPS) is 16.8. The van der Waals surface area contributed by atoms with Gasteiger partial charge in [-0.1, -0.05) is 76.9 Å². The van der Waals surface area contributed by atoms with Gasteiger partial charge in [-0.2, -0.15) is 0 Å². The van der Waals surface area contributed by atoms with E-state index in [4.69, 9.17) is 23.7 Å². The summed E-state index contributed by atoms with van der Waals surface area (Å²) in [4.78, 5) is 10.7. The molecular weight excluding hydrogens is 606 g/mol. The summed E-state index contributed by atoms with van der Waals surface area (Å²) >= 11 is 0. The molecular formula is C40H77NO7. The van der Waals surface area contributed by atoms with Crippen molar-refractivity contribution in [1.82, 2.24) is 0 Å². The Balaban J connectivity index is 2.58. The van der Waals surface area contributed by atoms with Crippen LogP contribution >= 0.6 is 0 Å². The Kier molecular flexibility index (Phi) is 29.9. The van der Waals surface area contributed by atoms with E-state index < -0.39 is 5.97 Å². The van der Waals surface area contributed by atoms with Crippen molar-refractivity contribution in [1.29, 1.82) is 0 Å². The maximum Gasteiger partial charge on any atom is 0.105 e. The quantitative estimate of drug-likeness (QED) is 0.0383. The highest BCUT2D eigenvalue weighted by molar-refractivity contribution is 5.65. The monoisotopic (exact) mass is 684 g/mol. The Labute approximate surface area is 296 Å².